The molecule has 0 unspecified atom stereocenters. The highest BCUT2D eigenvalue weighted by Gasteiger charge is 2.10. The molecule has 0 atom stereocenters. The Morgan fingerprint density at radius 2 is 2.06 bits per heavy atom. The van der Waals surface area contributed by atoms with Crippen LogP contribution >= 0.6 is 0 Å². The van der Waals surface area contributed by atoms with Crippen LogP contribution in [0.3, 0.4) is 0 Å². The number of nitrogen functional groups attached to an aromatic ring is 1. The topological polar surface area (TPSA) is 43.8 Å². The van der Waals surface area contributed by atoms with Crippen LogP contribution in [-0.4, -0.2) is 9.55 Å². The molecule has 0 fully saturated rings. The van der Waals surface area contributed by atoms with Crippen LogP contribution in [0.4, 0.5) is 5.69 Å². The molecule has 2 aromatic rings. The van der Waals surface area contributed by atoms with Gasteiger partial charge in [-0.05, 0) is 43.0 Å². The number of aromatic nitrogens is 2. The van der Waals surface area contributed by atoms with Gasteiger partial charge in [0.05, 0.1) is 12.0 Å². The average Bonchev–Trinajstić information content (AvgIpc) is 2.82. The number of rotatable bonds is 3. The largest absolute Gasteiger partial charge is 0.399 e. The number of anilines is 1. The van der Waals surface area contributed by atoms with Crippen LogP contribution in [0.15, 0.2) is 36.7 Å². The molecule has 0 amide bonds. The van der Waals surface area contributed by atoms with Crippen LogP contribution in [0.2, 0.25) is 0 Å². The molecule has 1 heterocycles. The van der Waals surface area contributed by atoms with Crippen LogP contribution < -0.4 is 5.73 Å². The van der Waals surface area contributed by atoms with Crippen molar-refractivity contribution in [2.45, 2.75) is 25.8 Å². The lowest BCUT2D eigenvalue weighted by Crippen LogP contribution is -2.06. The van der Waals surface area contributed by atoms with Gasteiger partial charge in [0.15, 0.2) is 0 Å². The maximum absolute atomic E-state index is 5.69. The van der Waals surface area contributed by atoms with Crippen LogP contribution in [0.1, 0.15) is 23.4 Å². The van der Waals surface area contributed by atoms with Gasteiger partial charge in [-0.25, -0.2) is 4.98 Å². The molecule has 1 aromatic carbocycles. The number of nitrogens with two attached hydrogens (primary N) is 1. The molecule has 2 N–H and O–H groups in total. The predicted octanol–water partition coefficient (Wildman–Crippen LogP) is 2.67. The molecule has 3 heteroatoms. The van der Waals surface area contributed by atoms with Crippen molar-refractivity contribution in [1.29, 1.82) is 0 Å². The zero-order valence-electron chi connectivity index (χ0n) is 10.3. The molecule has 1 aliphatic carbocycles. The SMILES string of the molecule is Nc1ccc(CCn2cnc3c2CCC=C3)cc1. The van der Waals surface area contributed by atoms with Gasteiger partial charge in [0.25, 0.3) is 0 Å². The highest BCUT2D eigenvalue weighted by Crippen LogP contribution is 2.18. The second-order valence-corrected chi connectivity index (χ2v) is 4.70. The highest BCUT2D eigenvalue weighted by atomic mass is 15.1. The number of aryl methyl sites for hydroxylation is 2. The molecular weight excluding hydrogens is 222 g/mol. The van der Waals surface area contributed by atoms with E-state index < -0.39 is 0 Å². The molecule has 3 rings (SSSR count). The minimum absolute atomic E-state index is 0.823. The van der Waals surface area contributed by atoms with Crippen LogP contribution in [0, 0.1) is 0 Å². The lowest BCUT2D eigenvalue weighted by Gasteiger charge is -2.10. The van der Waals surface area contributed by atoms with E-state index in [2.05, 4.69) is 33.8 Å². The Bertz CT molecular complexity index is 564. The molecule has 0 saturated heterocycles. The van der Waals surface area contributed by atoms with Crippen molar-refractivity contribution in [3.8, 4) is 0 Å². The molecule has 0 spiro atoms. The predicted molar refractivity (Wildman–Crippen MR) is 74.1 cm³/mol. The van der Waals surface area contributed by atoms with Gasteiger partial charge in [0.1, 0.15) is 0 Å². The van der Waals surface area contributed by atoms with E-state index in [1.165, 1.54) is 11.3 Å². The van der Waals surface area contributed by atoms with Crippen molar-refractivity contribution in [3.63, 3.8) is 0 Å². The second-order valence-electron chi connectivity index (χ2n) is 4.70. The summed E-state index contributed by atoms with van der Waals surface area (Å²) in [6, 6.07) is 8.11. The first kappa shape index (κ1) is 11.1. The van der Waals surface area contributed by atoms with E-state index in [0.29, 0.717) is 0 Å². The molecular formula is C15H17N3. The lowest BCUT2D eigenvalue weighted by molar-refractivity contribution is 0.656. The van der Waals surface area contributed by atoms with Gasteiger partial charge >= 0.3 is 0 Å². The summed E-state index contributed by atoms with van der Waals surface area (Å²) in [7, 11) is 0. The van der Waals surface area contributed by atoms with Gasteiger partial charge < -0.3 is 10.3 Å². The summed E-state index contributed by atoms with van der Waals surface area (Å²) in [4.78, 5) is 4.44. The molecule has 1 aromatic heterocycles. The van der Waals surface area contributed by atoms with Crippen molar-refractivity contribution in [2.75, 3.05) is 5.73 Å². The summed E-state index contributed by atoms with van der Waals surface area (Å²) in [6.07, 6.45) is 9.52. The summed E-state index contributed by atoms with van der Waals surface area (Å²) in [6.45, 7) is 0.986. The molecule has 0 saturated carbocycles. The Hall–Kier alpha value is -2.03. The second kappa shape index (κ2) is 4.69. The lowest BCUT2D eigenvalue weighted by atomic mass is 10.1. The third kappa shape index (κ3) is 2.16. The van der Waals surface area contributed by atoms with Crippen LogP contribution in [0.25, 0.3) is 6.08 Å². The van der Waals surface area contributed by atoms with Crippen molar-refractivity contribution in [3.05, 3.63) is 53.6 Å². The van der Waals surface area contributed by atoms with Gasteiger partial charge in [-0.2, -0.15) is 0 Å². The van der Waals surface area contributed by atoms with Crippen molar-refractivity contribution in [2.24, 2.45) is 0 Å². The van der Waals surface area contributed by atoms with Gasteiger partial charge in [-0.1, -0.05) is 18.2 Å². The van der Waals surface area contributed by atoms with E-state index in [0.717, 1.165) is 37.2 Å². The van der Waals surface area contributed by atoms with Gasteiger partial charge in [0.2, 0.25) is 0 Å². The fourth-order valence-corrected chi connectivity index (χ4v) is 2.38. The zero-order chi connectivity index (χ0) is 12.4. The molecule has 0 radical (unpaired) electrons. The zero-order valence-corrected chi connectivity index (χ0v) is 10.3. The monoisotopic (exact) mass is 239 g/mol. The van der Waals surface area contributed by atoms with E-state index in [9.17, 15) is 0 Å². The summed E-state index contributed by atoms with van der Waals surface area (Å²) < 4.78 is 2.27. The van der Waals surface area contributed by atoms with Gasteiger partial charge in [-0.15, -0.1) is 0 Å². The molecule has 3 nitrogen and oxygen atoms in total. The molecule has 0 bridgehead atoms. The number of allylic oxidation sites excluding steroid dienone is 1. The number of fused-ring (bicyclic) bond motifs is 1. The Morgan fingerprint density at radius 1 is 1.22 bits per heavy atom. The van der Waals surface area contributed by atoms with Crippen molar-refractivity contribution in [1.82, 2.24) is 9.55 Å². The smallest absolute Gasteiger partial charge is 0.0955 e. The Balaban J connectivity index is 1.72. The number of nitrogens with zero attached hydrogens (tertiary/aromatic N) is 2. The first-order valence-electron chi connectivity index (χ1n) is 6.38. The van der Waals surface area contributed by atoms with Crippen LogP contribution in [-0.2, 0) is 19.4 Å². The molecule has 18 heavy (non-hydrogen) atoms. The number of hydrogen-bond donors (Lipinski definition) is 1. The first-order chi connectivity index (χ1) is 8.83. The third-order valence-electron chi connectivity index (χ3n) is 3.42. The summed E-state index contributed by atoms with van der Waals surface area (Å²) in [5, 5.41) is 0. The standard InChI is InChI=1S/C15H17N3/c16-13-7-5-12(6-8-13)9-10-18-11-17-14-3-1-2-4-15(14)18/h1,3,5-8,11H,2,4,9-10,16H2. The van der Waals surface area contributed by atoms with Crippen molar-refractivity contribution < 1.29 is 0 Å². The Morgan fingerprint density at radius 3 is 2.89 bits per heavy atom. The van der Waals surface area contributed by atoms with E-state index in [1.54, 1.807) is 0 Å². The summed E-state index contributed by atoms with van der Waals surface area (Å²) in [5.41, 5.74) is 10.3. The minimum atomic E-state index is 0.823. The molecule has 92 valence electrons. The Labute approximate surface area is 107 Å². The highest BCUT2D eigenvalue weighted by molar-refractivity contribution is 5.50. The van der Waals surface area contributed by atoms with E-state index in [1.807, 2.05) is 18.5 Å². The van der Waals surface area contributed by atoms with E-state index in [-0.39, 0.29) is 0 Å². The van der Waals surface area contributed by atoms with Crippen molar-refractivity contribution >= 4 is 11.8 Å². The van der Waals surface area contributed by atoms with E-state index in [4.69, 9.17) is 5.73 Å². The Kier molecular flexibility index (Phi) is 2.89. The van der Waals surface area contributed by atoms with Crippen LogP contribution in [0.5, 0.6) is 0 Å². The first-order valence-corrected chi connectivity index (χ1v) is 6.38. The fourth-order valence-electron chi connectivity index (χ4n) is 2.38. The fraction of sp³-hybridized carbons (Fsp3) is 0.267. The van der Waals surface area contributed by atoms with E-state index >= 15 is 0 Å². The maximum atomic E-state index is 5.69. The quantitative estimate of drug-likeness (QED) is 0.837. The van der Waals surface area contributed by atoms with Gasteiger partial charge in [-0.3, -0.25) is 0 Å². The average molecular weight is 239 g/mol. The number of hydrogen-bond acceptors (Lipinski definition) is 2. The normalized spacial score (nSPS) is 13.6. The minimum Gasteiger partial charge on any atom is -0.399 e. The number of benzene rings is 1. The molecule has 0 aliphatic heterocycles. The maximum Gasteiger partial charge on any atom is 0.0955 e. The summed E-state index contributed by atoms with van der Waals surface area (Å²) >= 11 is 0. The van der Waals surface area contributed by atoms with Gasteiger partial charge in [0, 0.05) is 17.9 Å². The molecule has 1 aliphatic rings. The summed E-state index contributed by atoms with van der Waals surface area (Å²) in [5.74, 6) is 0. The number of imidazole rings is 1. The third-order valence-corrected chi connectivity index (χ3v) is 3.42.